The first-order valence-electron chi connectivity index (χ1n) is 11.9. The van der Waals surface area contributed by atoms with Gasteiger partial charge in [0, 0.05) is 6.54 Å². The van der Waals surface area contributed by atoms with Crippen molar-refractivity contribution in [2.45, 2.75) is 36.6 Å². The zero-order valence-corrected chi connectivity index (χ0v) is 21.1. The van der Waals surface area contributed by atoms with Crippen molar-refractivity contribution in [3.05, 3.63) is 90.0 Å². The van der Waals surface area contributed by atoms with E-state index in [4.69, 9.17) is 15.6 Å². The van der Waals surface area contributed by atoms with Crippen molar-refractivity contribution in [1.29, 1.82) is 0 Å². The molecule has 0 aliphatic carbocycles. The summed E-state index contributed by atoms with van der Waals surface area (Å²) in [6, 6.07) is 21.4. The standard InChI is InChI=1S/C27H31N3O6S/c28-23-17-21(14-15-25(23)36-19-26(31)32)18-24(30-37(34,35)22-12-5-2-6-13-22)27(33)29-16-8-7-11-20-9-3-1-4-10-20/h1-6,9-10,12-15,17,24,30H,7-8,11,16,18-19,28H2,(H,29,33)(H,31,32)/t24-/m0/s1. The van der Waals surface area contributed by atoms with Crippen LogP contribution in [0.5, 0.6) is 5.75 Å². The smallest absolute Gasteiger partial charge is 0.341 e. The topological polar surface area (TPSA) is 148 Å². The Bertz CT molecular complexity index is 1280. The minimum absolute atomic E-state index is 0.0331. The van der Waals surface area contributed by atoms with Gasteiger partial charge in [0.05, 0.1) is 10.6 Å². The first-order chi connectivity index (χ1) is 17.7. The zero-order valence-electron chi connectivity index (χ0n) is 20.3. The number of hydrogen-bond donors (Lipinski definition) is 4. The number of nitrogen functional groups attached to an aromatic ring is 1. The second kappa shape index (κ2) is 13.4. The molecule has 1 atom stereocenters. The third-order valence-electron chi connectivity index (χ3n) is 5.57. The number of rotatable bonds is 14. The van der Waals surface area contributed by atoms with E-state index in [-0.39, 0.29) is 22.8 Å². The normalized spacial score (nSPS) is 12.0. The van der Waals surface area contributed by atoms with E-state index in [2.05, 4.69) is 22.2 Å². The average molecular weight is 526 g/mol. The summed E-state index contributed by atoms with van der Waals surface area (Å²) < 4.78 is 33.5. The largest absolute Gasteiger partial charge is 0.480 e. The van der Waals surface area contributed by atoms with Crippen molar-refractivity contribution in [2.75, 3.05) is 18.9 Å². The minimum Gasteiger partial charge on any atom is -0.480 e. The van der Waals surface area contributed by atoms with Crippen molar-refractivity contribution >= 4 is 27.6 Å². The van der Waals surface area contributed by atoms with Gasteiger partial charge in [-0.3, -0.25) is 4.79 Å². The van der Waals surface area contributed by atoms with Gasteiger partial charge < -0.3 is 20.9 Å². The van der Waals surface area contributed by atoms with Gasteiger partial charge in [0.25, 0.3) is 0 Å². The maximum atomic E-state index is 13.1. The van der Waals surface area contributed by atoms with Crippen molar-refractivity contribution in [3.8, 4) is 5.75 Å². The first-order valence-corrected chi connectivity index (χ1v) is 13.3. The van der Waals surface area contributed by atoms with Crippen LogP contribution >= 0.6 is 0 Å². The quantitative estimate of drug-likeness (QED) is 0.187. The molecule has 1 amide bonds. The third-order valence-corrected chi connectivity index (χ3v) is 7.05. The Morgan fingerprint density at radius 3 is 2.24 bits per heavy atom. The number of anilines is 1. The molecule has 3 aromatic rings. The van der Waals surface area contributed by atoms with Crippen LogP contribution in [0.2, 0.25) is 0 Å². The highest BCUT2D eigenvalue weighted by atomic mass is 32.2. The van der Waals surface area contributed by atoms with Gasteiger partial charge in [-0.15, -0.1) is 0 Å². The molecule has 0 bridgehead atoms. The summed E-state index contributed by atoms with van der Waals surface area (Å²) in [6.45, 7) is -0.144. The van der Waals surface area contributed by atoms with E-state index in [1.807, 2.05) is 18.2 Å². The number of ether oxygens (including phenoxy) is 1. The van der Waals surface area contributed by atoms with E-state index >= 15 is 0 Å². The molecule has 9 nitrogen and oxygen atoms in total. The highest BCUT2D eigenvalue weighted by Gasteiger charge is 2.26. The van der Waals surface area contributed by atoms with E-state index in [9.17, 15) is 18.0 Å². The Balaban J connectivity index is 1.67. The van der Waals surface area contributed by atoms with Gasteiger partial charge in [0.1, 0.15) is 11.8 Å². The maximum Gasteiger partial charge on any atom is 0.341 e. The van der Waals surface area contributed by atoms with Crippen LogP contribution in [0.3, 0.4) is 0 Å². The van der Waals surface area contributed by atoms with E-state index in [1.54, 1.807) is 24.3 Å². The molecule has 0 aromatic heterocycles. The van der Waals surface area contributed by atoms with Crippen LogP contribution in [0.4, 0.5) is 5.69 Å². The Kier molecular flexibility index (Phi) is 10.0. The lowest BCUT2D eigenvalue weighted by atomic mass is 10.0. The fourth-order valence-corrected chi connectivity index (χ4v) is 4.92. The molecular weight excluding hydrogens is 494 g/mol. The highest BCUT2D eigenvalue weighted by molar-refractivity contribution is 7.89. The number of carbonyl (C=O) groups excluding carboxylic acids is 1. The molecule has 0 aliphatic rings. The number of nitrogens with one attached hydrogen (secondary N) is 2. The molecule has 0 saturated carbocycles. The molecule has 0 fully saturated rings. The van der Waals surface area contributed by atoms with Crippen LogP contribution in [0, 0.1) is 0 Å². The number of carboxylic acid groups (broad SMARTS) is 1. The summed E-state index contributed by atoms with van der Waals surface area (Å²) in [4.78, 5) is 23.9. The number of hydrogen-bond acceptors (Lipinski definition) is 6. The monoisotopic (exact) mass is 525 g/mol. The van der Waals surface area contributed by atoms with Crippen molar-refractivity contribution < 1.29 is 27.9 Å². The van der Waals surface area contributed by atoms with Crippen LogP contribution in [0.1, 0.15) is 24.0 Å². The first kappa shape index (κ1) is 27.7. The van der Waals surface area contributed by atoms with Crippen molar-refractivity contribution in [3.63, 3.8) is 0 Å². The van der Waals surface area contributed by atoms with E-state index in [0.717, 1.165) is 19.3 Å². The summed E-state index contributed by atoms with van der Waals surface area (Å²) in [6.07, 6.45) is 2.53. The number of aliphatic carboxylic acids is 1. The van der Waals surface area contributed by atoms with Gasteiger partial charge in [-0.1, -0.05) is 54.6 Å². The van der Waals surface area contributed by atoms with Gasteiger partial charge >= 0.3 is 5.97 Å². The lowest BCUT2D eigenvalue weighted by Crippen LogP contribution is -2.48. The van der Waals surface area contributed by atoms with Gasteiger partial charge in [0.15, 0.2) is 6.61 Å². The average Bonchev–Trinajstić information content (AvgIpc) is 2.88. The second-order valence-electron chi connectivity index (χ2n) is 8.48. The van der Waals surface area contributed by atoms with E-state index < -0.39 is 34.5 Å². The Morgan fingerprint density at radius 2 is 1.59 bits per heavy atom. The molecule has 0 spiro atoms. The molecule has 0 saturated heterocycles. The summed E-state index contributed by atoms with van der Waals surface area (Å²) in [5, 5.41) is 11.6. The van der Waals surface area contributed by atoms with Crippen LogP contribution < -0.4 is 20.5 Å². The SMILES string of the molecule is Nc1cc(C[C@H](NS(=O)(=O)c2ccccc2)C(=O)NCCCCc2ccccc2)ccc1OCC(=O)O. The molecule has 0 radical (unpaired) electrons. The number of carboxylic acids is 1. The predicted octanol–water partition coefficient (Wildman–Crippen LogP) is 2.76. The number of aryl methyl sites for hydroxylation is 1. The van der Waals surface area contributed by atoms with Crippen LogP contribution in [0.25, 0.3) is 0 Å². The summed E-state index contributed by atoms with van der Waals surface area (Å²) >= 11 is 0. The molecule has 196 valence electrons. The number of nitrogens with two attached hydrogens (primary N) is 1. The van der Waals surface area contributed by atoms with Crippen LogP contribution in [0.15, 0.2) is 83.8 Å². The fourth-order valence-electron chi connectivity index (χ4n) is 3.71. The molecule has 0 aliphatic heterocycles. The lowest BCUT2D eigenvalue weighted by Gasteiger charge is -2.19. The molecule has 0 heterocycles. The van der Waals surface area contributed by atoms with Crippen LogP contribution in [-0.4, -0.2) is 44.6 Å². The van der Waals surface area contributed by atoms with Crippen LogP contribution in [-0.2, 0) is 32.5 Å². The number of amides is 1. The number of unbranched alkanes of at least 4 members (excludes halogenated alkanes) is 1. The third kappa shape index (κ3) is 8.93. The zero-order chi connectivity index (χ0) is 26.7. The molecule has 3 rings (SSSR count). The number of sulfonamides is 1. The Labute approximate surface area is 216 Å². The minimum atomic E-state index is -3.96. The number of benzene rings is 3. The summed E-state index contributed by atoms with van der Waals surface area (Å²) in [5.74, 6) is -1.40. The number of carbonyl (C=O) groups is 2. The maximum absolute atomic E-state index is 13.1. The molecule has 10 heteroatoms. The summed E-state index contributed by atoms with van der Waals surface area (Å²) in [5.41, 5.74) is 7.97. The highest BCUT2D eigenvalue weighted by Crippen LogP contribution is 2.23. The Morgan fingerprint density at radius 1 is 0.919 bits per heavy atom. The summed E-state index contributed by atoms with van der Waals surface area (Å²) in [7, 11) is -3.96. The van der Waals surface area contributed by atoms with Gasteiger partial charge in [-0.05, 0) is 61.1 Å². The van der Waals surface area contributed by atoms with E-state index in [0.29, 0.717) is 12.1 Å². The van der Waals surface area contributed by atoms with Crippen molar-refractivity contribution in [2.24, 2.45) is 0 Å². The van der Waals surface area contributed by atoms with Gasteiger partial charge in [-0.2, -0.15) is 4.72 Å². The molecule has 5 N–H and O–H groups in total. The predicted molar refractivity (Wildman–Crippen MR) is 141 cm³/mol. The van der Waals surface area contributed by atoms with E-state index in [1.165, 1.54) is 29.8 Å². The molecular formula is C27H31N3O6S. The van der Waals surface area contributed by atoms with Gasteiger partial charge in [0.2, 0.25) is 15.9 Å². The molecule has 37 heavy (non-hydrogen) atoms. The fraction of sp³-hybridized carbons (Fsp3) is 0.259. The molecule has 0 unspecified atom stereocenters. The Hall–Kier alpha value is -3.89. The van der Waals surface area contributed by atoms with Gasteiger partial charge in [-0.25, -0.2) is 13.2 Å². The lowest BCUT2D eigenvalue weighted by molar-refractivity contribution is -0.139. The molecule has 3 aromatic carbocycles. The van der Waals surface area contributed by atoms with Crippen molar-refractivity contribution in [1.82, 2.24) is 10.0 Å². The second-order valence-corrected chi connectivity index (χ2v) is 10.2.